The molecule has 1 N–H and O–H groups in total. The van der Waals surface area contributed by atoms with Crippen molar-refractivity contribution in [2.45, 2.75) is 26.4 Å². The Balaban J connectivity index is 2.43. The predicted molar refractivity (Wildman–Crippen MR) is 53.3 cm³/mol. The minimum absolute atomic E-state index is 0.367. The van der Waals surface area contributed by atoms with E-state index in [1.807, 2.05) is 18.5 Å². The number of aromatic nitrogens is 1. The highest BCUT2D eigenvalue weighted by Gasteiger charge is 2.01. The van der Waals surface area contributed by atoms with Crippen LogP contribution in [0.3, 0.4) is 0 Å². The number of nitrogens with zero attached hydrogens (tertiary/aromatic N) is 1. The summed E-state index contributed by atoms with van der Waals surface area (Å²) in [4.78, 5) is 5.48. The summed E-state index contributed by atoms with van der Waals surface area (Å²) < 4.78 is 0. The van der Waals surface area contributed by atoms with Crippen LogP contribution in [-0.2, 0) is 6.54 Å². The zero-order chi connectivity index (χ0) is 8.97. The molecule has 66 valence electrons. The van der Waals surface area contributed by atoms with Gasteiger partial charge in [0.05, 0.1) is 11.2 Å². The fraction of sp³-hybridized carbons (Fsp3) is 0.444. The lowest BCUT2D eigenvalue weighted by Gasteiger charge is -2.07. The average molecular weight is 182 g/mol. The summed E-state index contributed by atoms with van der Waals surface area (Å²) in [5, 5.41) is 3.33. The van der Waals surface area contributed by atoms with Crippen LogP contribution in [0.2, 0.25) is 0 Å². The van der Waals surface area contributed by atoms with E-state index in [0.717, 1.165) is 12.2 Å². The summed E-state index contributed by atoms with van der Waals surface area (Å²) >= 11 is 1.69. The van der Waals surface area contributed by atoms with Crippen molar-refractivity contribution in [3.8, 4) is 0 Å². The van der Waals surface area contributed by atoms with Crippen LogP contribution in [0.25, 0.3) is 0 Å². The van der Waals surface area contributed by atoms with E-state index in [9.17, 15) is 0 Å². The minimum Gasteiger partial charge on any atom is -0.306 e. The second-order valence-electron chi connectivity index (χ2n) is 2.77. The average Bonchev–Trinajstić information content (AvgIpc) is 2.47. The van der Waals surface area contributed by atoms with E-state index in [2.05, 4.69) is 23.8 Å². The van der Waals surface area contributed by atoms with Crippen molar-refractivity contribution in [2.75, 3.05) is 0 Å². The van der Waals surface area contributed by atoms with E-state index in [1.54, 1.807) is 11.3 Å². The monoisotopic (exact) mass is 182 g/mol. The molecule has 0 saturated carbocycles. The quantitative estimate of drug-likeness (QED) is 0.721. The fourth-order valence-corrected chi connectivity index (χ4v) is 1.56. The van der Waals surface area contributed by atoms with E-state index in [0.29, 0.717) is 6.04 Å². The normalized spacial score (nSPS) is 12.8. The molecule has 0 aliphatic rings. The largest absolute Gasteiger partial charge is 0.306 e. The highest BCUT2D eigenvalue weighted by Crippen LogP contribution is 2.11. The van der Waals surface area contributed by atoms with Gasteiger partial charge in [-0.15, -0.1) is 17.9 Å². The summed E-state index contributed by atoms with van der Waals surface area (Å²) in [5.74, 6) is 0. The summed E-state index contributed by atoms with van der Waals surface area (Å²) in [5.41, 5.74) is 3.01. The van der Waals surface area contributed by atoms with Crippen LogP contribution in [0.1, 0.15) is 17.5 Å². The Kier molecular flexibility index (Phi) is 3.44. The highest BCUT2D eigenvalue weighted by molar-refractivity contribution is 7.09. The lowest BCUT2D eigenvalue weighted by Crippen LogP contribution is -2.22. The molecule has 1 aromatic rings. The molecule has 0 bridgehead atoms. The molecule has 1 heterocycles. The number of aryl methyl sites for hydroxylation is 1. The van der Waals surface area contributed by atoms with E-state index < -0.39 is 0 Å². The van der Waals surface area contributed by atoms with Gasteiger partial charge >= 0.3 is 0 Å². The van der Waals surface area contributed by atoms with Crippen LogP contribution < -0.4 is 5.32 Å². The Labute approximate surface area is 77.3 Å². The Bertz CT molecular complexity index is 255. The zero-order valence-electron chi connectivity index (χ0n) is 7.50. The first kappa shape index (κ1) is 9.42. The molecule has 2 nitrogen and oxygen atoms in total. The van der Waals surface area contributed by atoms with Gasteiger partial charge in [0.2, 0.25) is 0 Å². The number of hydrogen-bond donors (Lipinski definition) is 1. The topological polar surface area (TPSA) is 24.9 Å². The standard InChI is InChI=1S/C9H14N2S/c1-4-7(2)10-5-9-8(3)11-6-12-9/h4,6-7,10H,1,5H2,2-3H3. The SMILES string of the molecule is C=CC(C)NCc1scnc1C. The first-order chi connectivity index (χ1) is 5.74. The maximum Gasteiger partial charge on any atom is 0.0798 e. The third kappa shape index (κ3) is 2.43. The van der Waals surface area contributed by atoms with Crippen LogP contribution in [-0.4, -0.2) is 11.0 Å². The number of hydrogen-bond acceptors (Lipinski definition) is 3. The predicted octanol–water partition coefficient (Wildman–Crippen LogP) is 2.12. The molecular formula is C9H14N2S. The van der Waals surface area contributed by atoms with Crippen molar-refractivity contribution in [2.24, 2.45) is 0 Å². The van der Waals surface area contributed by atoms with Gasteiger partial charge in [0.25, 0.3) is 0 Å². The highest BCUT2D eigenvalue weighted by atomic mass is 32.1. The molecule has 0 spiro atoms. The number of nitrogens with one attached hydrogen (secondary N) is 1. The Hall–Kier alpha value is -0.670. The molecule has 12 heavy (non-hydrogen) atoms. The van der Waals surface area contributed by atoms with Crippen molar-refractivity contribution in [1.82, 2.24) is 10.3 Å². The van der Waals surface area contributed by atoms with Gasteiger partial charge in [0.15, 0.2) is 0 Å². The molecular weight excluding hydrogens is 168 g/mol. The second-order valence-corrected chi connectivity index (χ2v) is 3.71. The zero-order valence-corrected chi connectivity index (χ0v) is 8.32. The number of rotatable bonds is 4. The van der Waals surface area contributed by atoms with Gasteiger partial charge in [-0.1, -0.05) is 6.08 Å². The summed E-state index contributed by atoms with van der Waals surface area (Å²) in [6, 6.07) is 0.367. The third-order valence-corrected chi connectivity index (χ3v) is 2.72. The van der Waals surface area contributed by atoms with E-state index in [4.69, 9.17) is 0 Å². The van der Waals surface area contributed by atoms with Gasteiger partial charge in [-0.25, -0.2) is 4.98 Å². The maximum absolute atomic E-state index is 4.17. The maximum atomic E-state index is 4.17. The molecule has 0 radical (unpaired) electrons. The van der Waals surface area contributed by atoms with Crippen molar-refractivity contribution in [3.63, 3.8) is 0 Å². The molecule has 1 atom stereocenters. The third-order valence-electron chi connectivity index (χ3n) is 1.78. The van der Waals surface area contributed by atoms with E-state index in [-0.39, 0.29) is 0 Å². The van der Waals surface area contributed by atoms with E-state index in [1.165, 1.54) is 4.88 Å². The van der Waals surface area contributed by atoms with Crippen LogP contribution in [0, 0.1) is 6.92 Å². The molecule has 3 heteroatoms. The Morgan fingerprint density at radius 2 is 2.58 bits per heavy atom. The summed E-state index contributed by atoms with van der Waals surface area (Å²) in [7, 11) is 0. The van der Waals surface area contributed by atoms with Gasteiger partial charge in [0.1, 0.15) is 0 Å². The van der Waals surface area contributed by atoms with Crippen molar-refractivity contribution in [3.05, 3.63) is 28.7 Å². The summed E-state index contributed by atoms with van der Waals surface area (Å²) in [6.45, 7) is 8.72. The molecule has 0 amide bonds. The smallest absolute Gasteiger partial charge is 0.0798 e. The molecule has 1 rings (SSSR count). The number of thiazole rings is 1. The van der Waals surface area contributed by atoms with Crippen molar-refractivity contribution < 1.29 is 0 Å². The van der Waals surface area contributed by atoms with Gasteiger partial charge in [-0.2, -0.15) is 0 Å². The molecule has 0 aromatic carbocycles. The van der Waals surface area contributed by atoms with Crippen LogP contribution >= 0.6 is 11.3 Å². The van der Waals surface area contributed by atoms with E-state index >= 15 is 0 Å². The Morgan fingerprint density at radius 1 is 1.83 bits per heavy atom. The van der Waals surface area contributed by atoms with Crippen molar-refractivity contribution >= 4 is 11.3 Å². The fourth-order valence-electron chi connectivity index (χ4n) is 0.833. The van der Waals surface area contributed by atoms with Gasteiger partial charge in [-0.3, -0.25) is 0 Å². The van der Waals surface area contributed by atoms with Gasteiger partial charge in [-0.05, 0) is 13.8 Å². The second kappa shape index (κ2) is 4.38. The molecule has 0 aliphatic carbocycles. The van der Waals surface area contributed by atoms with Crippen LogP contribution in [0.15, 0.2) is 18.2 Å². The van der Waals surface area contributed by atoms with Crippen LogP contribution in [0.5, 0.6) is 0 Å². The first-order valence-corrected chi connectivity index (χ1v) is 4.87. The van der Waals surface area contributed by atoms with Gasteiger partial charge < -0.3 is 5.32 Å². The summed E-state index contributed by atoms with van der Waals surface area (Å²) in [6.07, 6.45) is 1.90. The molecule has 1 unspecified atom stereocenters. The van der Waals surface area contributed by atoms with Crippen molar-refractivity contribution in [1.29, 1.82) is 0 Å². The first-order valence-electron chi connectivity index (χ1n) is 3.99. The van der Waals surface area contributed by atoms with Crippen LogP contribution in [0.4, 0.5) is 0 Å². The molecule has 0 fully saturated rings. The molecule has 0 aliphatic heterocycles. The minimum atomic E-state index is 0.367. The van der Waals surface area contributed by atoms with Gasteiger partial charge in [0, 0.05) is 17.5 Å². The molecule has 1 aromatic heterocycles. The lowest BCUT2D eigenvalue weighted by molar-refractivity contribution is 0.637. The lowest BCUT2D eigenvalue weighted by atomic mass is 10.3. The Morgan fingerprint density at radius 3 is 3.08 bits per heavy atom. The molecule has 0 saturated heterocycles.